The second kappa shape index (κ2) is 4.42. The zero-order valence-electron chi connectivity index (χ0n) is 10.2. The van der Waals surface area contributed by atoms with Crippen molar-refractivity contribution in [3.8, 4) is 0 Å². The minimum absolute atomic E-state index is 0.0254. The Morgan fingerprint density at radius 3 is 3.11 bits per heavy atom. The highest BCUT2D eigenvalue weighted by Crippen LogP contribution is 2.18. The van der Waals surface area contributed by atoms with Crippen LogP contribution in [0.25, 0.3) is 5.52 Å². The molecule has 2 heterocycles. The van der Waals surface area contributed by atoms with E-state index in [2.05, 4.69) is 17.0 Å². The minimum atomic E-state index is -0.0254. The smallest absolute Gasteiger partial charge is 0.276 e. The molecule has 0 radical (unpaired) electrons. The molecule has 0 unspecified atom stereocenters. The van der Waals surface area contributed by atoms with Gasteiger partial charge in [-0.15, -0.1) is 0 Å². The minimum Gasteiger partial charge on any atom is -0.310 e. The van der Waals surface area contributed by atoms with Crippen LogP contribution in [0.2, 0.25) is 0 Å². The molecule has 0 saturated heterocycles. The highest BCUT2D eigenvalue weighted by atomic mass is 16.1. The van der Waals surface area contributed by atoms with Crippen LogP contribution in [0.1, 0.15) is 12.8 Å². The predicted molar refractivity (Wildman–Crippen MR) is 69.6 cm³/mol. The van der Waals surface area contributed by atoms with Gasteiger partial charge in [0, 0.05) is 31.5 Å². The van der Waals surface area contributed by atoms with E-state index in [0.717, 1.165) is 12.1 Å². The molecule has 5 heteroatoms. The van der Waals surface area contributed by atoms with E-state index in [9.17, 15) is 4.79 Å². The zero-order valence-corrected chi connectivity index (χ0v) is 10.2. The third kappa shape index (κ3) is 2.22. The van der Waals surface area contributed by atoms with E-state index in [0.29, 0.717) is 18.1 Å². The molecule has 5 nitrogen and oxygen atoms in total. The molecule has 1 fully saturated rings. The van der Waals surface area contributed by atoms with Crippen LogP contribution in [0.15, 0.2) is 41.6 Å². The van der Waals surface area contributed by atoms with Gasteiger partial charge in [-0.2, -0.15) is 5.10 Å². The number of hydrogen-bond acceptors (Lipinski definition) is 3. The SMILES string of the molecule is C=C(CNC1CC1)Cn1ccn2nccc2c1=O. The Kier molecular flexibility index (Phi) is 2.76. The van der Waals surface area contributed by atoms with E-state index in [4.69, 9.17) is 0 Å². The van der Waals surface area contributed by atoms with Crippen LogP contribution < -0.4 is 10.9 Å². The lowest BCUT2D eigenvalue weighted by molar-refractivity contribution is 0.666. The van der Waals surface area contributed by atoms with Crippen molar-refractivity contribution in [1.29, 1.82) is 0 Å². The molecule has 1 aliphatic carbocycles. The molecule has 94 valence electrons. The Bertz CT molecular complexity index is 636. The van der Waals surface area contributed by atoms with Gasteiger partial charge in [-0.3, -0.25) is 4.79 Å². The van der Waals surface area contributed by atoms with Crippen molar-refractivity contribution in [3.63, 3.8) is 0 Å². The van der Waals surface area contributed by atoms with Gasteiger partial charge in [-0.05, 0) is 24.5 Å². The fourth-order valence-corrected chi connectivity index (χ4v) is 1.96. The van der Waals surface area contributed by atoms with Gasteiger partial charge < -0.3 is 9.88 Å². The Labute approximate surface area is 105 Å². The molecule has 0 aliphatic heterocycles. The summed E-state index contributed by atoms with van der Waals surface area (Å²) in [4.78, 5) is 12.1. The van der Waals surface area contributed by atoms with E-state index >= 15 is 0 Å². The fourth-order valence-electron chi connectivity index (χ4n) is 1.96. The topological polar surface area (TPSA) is 51.3 Å². The Morgan fingerprint density at radius 2 is 2.33 bits per heavy atom. The zero-order chi connectivity index (χ0) is 12.5. The Morgan fingerprint density at radius 1 is 1.50 bits per heavy atom. The number of hydrogen-bond donors (Lipinski definition) is 1. The van der Waals surface area contributed by atoms with Crippen LogP contribution in [-0.4, -0.2) is 26.8 Å². The summed E-state index contributed by atoms with van der Waals surface area (Å²) in [5.74, 6) is 0. The van der Waals surface area contributed by atoms with Gasteiger partial charge in [-0.25, -0.2) is 4.52 Å². The number of aromatic nitrogens is 3. The summed E-state index contributed by atoms with van der Waals surface area (Å²) in [5.41, 5.74) is 1.59. The molecule has 0 atom stereocenters. The first kappa shape index (κ1) is 11.2. The van der Waals surface area contributed by atoms with Crippen LogP contribution >= 0.6 is 0 Å². The monoisotopic (exact) mass is 244 g/mol. The molecule has 18 heavy (non-hydrogen) atoms. The normalized spacial score (nSPS) is 15.1. The molecule has 2 aromatic heterocycles. The first-order valence-electron chi connectivity index (χ1n) is 6.17. The number of rotatable bonds is 5. The van der Waals surface area contributed by atoms with Crippen LogP contribution in [0, 0.1) is 0 Å². The van der Waals surface area contributed by atoms with Crippen molar-refractivity contribution in [2.24, 2.45) is 0 Å². The molecule has 2 aromatic rings. The third-order valence-corrected chi connectivity index (χ3v) is 3.15. The molecule has 1 N–H and O–H groups in total. The van der Waals surface area contributed by atoms with Gasteiger partial charge in [-0.1, -0.05) is 6.58 Å². The Balaban J connectivity index is 1.74. The first-order chi connectivity index (χ1) is 8.74. The van der Waals surface area contributed by atoms with Crippen LogP contribution in [-0.2, 0) is 6.54 Å². The molecule has 0 spiro atoms. The molecule has 0 bridgehead atoms. The summed E-state index contributed by atoms with van der Waals surface area (Å²) in [6.45, 7) is 5.35. The third-order valence-electron chi connectivity index (χ3n) is 3.15. The maximum atomic E-state index is 12.1. The fraction of sp³-hybridized carbons (Fsp3) is 0.385. The van der Waals surface area contributed by atoms with E-state index < -0.39 is 0 Å². The van der Waals surface area contributed by atoms with Crippen LogP contribution in [0.4, 0.5) is 0 Å². The predicted octanol–water partition coefficient (Wildman–Crippen LogP) is 0.804. The van der Waals surface area contributed by atoms with Crippen LogP contribution in [0.5, 0.6) is 0 Å². The van der Waals surface area contributed by atoms with E-state index in [1.165, 1.54) is 12.8 Å². The summed E-state index contributed by atoms with van der Waals surface area (Å²) >= 11 is 0. The molecule has 0 aromatic carbocycles. The van der Waals surface area contributed by atoms with Gasteiger partial charge >= 0.3 is 0 Å². The van der Waals surface area contributed by atoms with Crippen molar-refractivity contribution < 1.29 is 0 Å². The number of fused-ring (bicyclic) bond motifs is 1. The van der Waals surface area contributed by atoms with Crippen molar-refractivity contribution >= 4 is 5.52 Å². The number of nitrogens with one attached hydrogen (secondary N) is 1. The molecule has 3 rings (SSSR count). The summed E-state index contributed by atoms with van der Waals surface area (Å²) < 4.78 is 3.26. The van der Waals surface area contributed by atoms with Gasteiger partial charge in [0.2, 0.25) is 0 Å². The summed E-state index contributed by atoms with van der Waals surface area (Å²) in [7, 11) is 0. The van der Waals surface area contributed by atoms with Gasteiger partial charge in [0.05, 0.1) is 6.20 Å². The maximum absolute atomic E-state index is 12.1. The lowest BCUT2D eigenvalue weighted by atomic mass is 10.3. The second-order valence-corrected chi connectivity index (χ2v) is 4.80. The first-order valence-corrected chi connectivity index (χ1v) is 6.17. The molecule has 1 aliphatic rings. The van der Waals surface area contributed by atoms with E-state index in [1.807, 2.05) is 0 Å². The second-order valence-electron chi connectivity index (χ2n) is 4.80. The largest absolute Gasteiger partial charge is 0.310 e. The standard InChI is InChI=1S/C13H16N4O/c1-10(8-14-11-2-3-11)9-16-6-7-17-12(13(16)18)4-5-15-17/h4-7,11,14H,1-3,8-9H2. The molecular formula is C13H16N4O. The van der Waals surface area contributed by atoms with Crippen molar-refractivity contribution in [1.82, 2.24) is 19.5 Å². The van der Waals surface area contributed by atoms with Crippen LogP contribution in [0.3, 0.4) is 0 Å². The average molecular weight is 244 g/mol. The van der Waals surface area contributed by atoms with Gasteiger partial charge in [0.1, 0.15) is 5.52 Å². The van der Waals surface area contributed by atoms with Crippen molar-refractivity contribution in [2.45, 2.75) is 25.4 Å². The van der Waals surface area contributed by atoms with E-state index in [1.54, 1.807) is 33.7 Å². The molecule has 1 saturated carbocycles. The number of nitrogens with zero attached hydrogens (tertiary/aromatic N) is 3. The summed E-state index contributed by atoms with van der Waals surface area (Å²) in [5, 5.41) is 7.43. The van der Waals surface area contributed by atoms with Crippen molar-refractivity contribution in [2.75, 3.05) is 6.54 Å². The molecular weight excluding hydrogens is 228 g/mol. The maximum Gasteiger partial charge on any atom is 0.276 e. The van der Waals surface area contributed by atoms with E-state index in [-0.39, 0.29) is 5.56 Å². The molecule has 0 amide bonds. The average Bonchev–Trinajstić information content (AvgIpc) is 3.06. The quantitative estimate of drug-likeness (QED) is 0.792. The highest BCUT2D eigenvalue weighted by molar-refractivity contribution is 5.42. The van der Waals surface area contributed by atoms with Gasteiger partial charge in [0.15, 0.2) is 0 Å². The van der Waals surface area contributed by atoms with Crippen molar-refractivity contribution in [3.05, 3.63) is 47.2 Å². The summed E-state index contributed by atoms with van der Waals surface area (Å²) in [6.07, 6.45) is 7.69. The lowest BCUT2D eigenvalue weighted by Crippen LogP contribution is -2.26. The highest BCUT2D eigenvalue weighted by Gasteiger charge is 2.20. The lowest BCUT2D eigenvalue weighted by Gasteiger charge is -2.09. The summed E-state index contributed by atoms with van der Waals surface area (Å²) in [6, 6.07) is 2.39. The van der Waals surface area contributed by atoms with Gasteiger partial charge in [0.25, 0.3) is 5.56 Å². The Hall–Kier alpha value is -1.88.